The van der Waals surface area contributed by atoms with Crippen LogP contribution in [0.1, 0.15) is 12.8 Å². The zero-order valence-electron chi connectivity index (χ0n) is 9.69. The fourth-order valence-corrected chi connectivity index (χ4v) is 2.49. The molecule has 0 bridgehead atoms. The number of amides is 1. The van der Waals surface area contributed by atoms with Gasteiger partial charge in [-0.2, -0.15) is 0 Å². The molecule has 16 heavy (non-hydrogen) atoms. The molecule has 0 aromatic rings. The number of nitrogens with zero attached hydrogens (tertiary/aromatic N) is 1. The lowest BCUT2D eigenvalue weighted by molar-refractivity contribution is -0.135. The predicted molar refractivity (Wildman–Crippen MR) is 59.0 cm³/mol. The van der Waals surface area contributed by atoms with Crippen LogP contribution >= 0.6 is 0 Å². The van der Waals surface area contributed by atoms with Crippen LogP contribution in [0.25, 0.3) is 0 Å². The highest BCUT2D eigenvalue weighted by atomic mass is 16.5. The quantitative estimate of drug-likeness (QED) is 0.650. The van der Waals surface area contributed by atoms with E-state index < -0.39 is 6.10 Å². The SMILES string of the molecule is COC1CN(C(=O)C2CCCNC2)CC1O. The number of ether oxygens (including phenoxy) is 1. The summed E-state index contributed by atoms with van der Waals surface area (Å²) < 4.78 is 5.13. The van der Waals surface area contributed by atoms with Gasteiger partial charge >= 0.3 is 0 Å². The van der Waals surface area contributed by atoms with Crippen LogP contribution in [0.3, 0.4) is 0 Å². The fraction of sp³-hybridized carbons (Fsp3) is 0.909. The number of β-amino-alcohol motifs (C(OH)–C–C–N with tert-alkyl or cyclic N) is 1. The molecule has 0 aliphatic carbocycles. The van der Waals surface area contributed by atoms with E-state index in [-0.39, 0.29) is 17.9 Å². The summed E-state index contributed by atoms with van der Waals surface area (Å²) in [7, 11) is 1.57. The van der Waals surface area contributed by atoms with Gasteiger partial charge in [0.2, 0.25) is 5.91 Å². The molecule has 5 heteroatoms. The Labute approximate surface area is 95.8 Å². The lowest BCUT2D eigenvalue weighted by Gasteiger charge is -2.26. The van der Waals surface area contributed by atoms with Gasteiger partial charge in [-0.05, 0) is 19.4 Å². The molecule has 0 aromatic heterocycles. The molecule has 2 aliphatic heterocycles. The molecule has 2 fully saturated rings. The number of rotatable bonds is 2. The maximum Gasteiger partial charge on any atom is 0.227 e. The number of nitrogens with one attached hydrogen (secondary N) is 1. The maximum absolute atomic E-state index is 12.1. The summed E-state index contributed by atoms with van der Waals surface area (Å²) in [5.74, 6) is 0.238. The average molecular weight is 228 g/mol. The second-order valence-electron chi connectivity index (χ2n) is 4.63. The monoisotopic (exact) mass is 228 g/mol. The van der Waals surface area contributed by atoms with Gasteiger partial charge < -0.3 is 20.1 Å². The number of aliphatic hydroxyl groups excluding tert-OH is 1. The van der Waals surface area contributed by atoms with Crippen molar-refractivity contribution in [1.29, 1.82) is 0 Å². The number of methoxy groups -OCH3 is 1. The maximum atomic E-state index is 12.1. The summed E-state index contributed by atoms with van der Waals surface area (Å²) in [6.45, 7) is 2.71. The molecule has 92 valence electrons. The Hall–Kier alpha value is -0.650. The lowest BCUT2D eigenvalue weighted by atomic mass is 9.98. The number of hydrogen-bond donors (Lipinski definition) is 2. The van der Waals surface area contributed by atoms with Gasteiger partial charge in [0, 0.05) is 26.7 Å². The van der Waals surface area contributed by atoms with E-state index in [1.807, 2.05) is 0 Å². The minimum Gasteiger partial charge on any atom is -0.388 e. The molecular weight excluding hydrogens is 208 g/mol. The van der Waals surface area contributed by atoms with Crippen LogP contribution < -0.4 is 5.32 Å². The van der Waals surface area contributed by atoms with Gasteiger partial charge in [-0.25, -0.2) is 0 Å². The van der Waals surface area contributed by atoms with Crippen molar-refractivity contribution in [3.63, 3.8) is 0 Å². The van der Waals surface area contributed by atoms with Gasteiger partial charge in [0.1, 0.15) is 6.10 Å². The number of carbonyl (C=O) groups excluding carboxylic acids is 1. The second-order valence-corrected chi connectivity index (χ2v) is 4.63. The molecular formula is C11H20N2O3. The van der Waals surface area contributed by atoms with Crippen molar-refractivity contribution in [1.82, 2.24) is 10.2 Å². The van der Waals surface area contributed by atoms with Crippen LogP contribution in [0, 0.1) is 5.92 Å². The van der Waals surface area contributed by atoms with Crippen LogP contribution in [0.2, 0.25) is 0 Å². The van der Waals surface area contributed by atoms with Crippen molar-refractivity contribution in [3.05, 3.63) is 0 Å². The third-order valence-electron chi connectivity index (χ3n) is 3.50. The highest BCUT2D eigenvalue weighted by Crippen LogP contribution is 2.19. The van der Waals surface area contributed by atoms with E-state index >= 15 is 0 Å². The Morgan fingerprint density at radius 3 is 2.88 bits per heavy atom. The van der Waals surface area contributed by atoms with E-state index in [0.717, 1.165) is 25.9 Å². The topological polar surface area (TPSA) is 61.8 Å². The normalized spacial score (nSPS) is 35.4. The van der Waals surface area contributed by atoms with E-state index in [1.54, 1.807) is 12.0 Å². The molecule has 0 radical (unpaired) electrons. The van der Waals surface area contributed by atoms with Crippen molar-refractivity contribution >= 4 is 5.91 Å². The summed E-state index contributed by atoms with van der Waals surface area (Å²) in [6, 6.07) is 0. The van der Waals surface area contributed by atoms with Gasteiger partial charge in [-0.3, -0.25) is 4.79 Å². The average Bonchev–Trinajstić information content (AvgIpc) is 2.71. The molecule has 0 aromatic carbocycles. The molecule has 3 unspecified atom stereocenters. The van der Waals surface area contributed by atoms with Crippen molar-refractivity contribution in [2.45, 2.75) is 25.0 Å². The summed E-state index contributed by atoms with van der Waals surface area (Å²) in [5.41, 5.74) is 0. The highest BCUT2D eigenvalue weighted by molar-refractivity contribution is 5.79. The summed E-state index contributed by atoms with van der Waals surface area (Å²) in [5, 5.41) is 12.9. The van der Waals surface area contributed by atoms with Crippen LogP contribution in [-0.2, 0) is 9.53 Å². The molecule has 3 atom stereocenters. The zero-order chi connectivity index (χ0) is 11.5. The first-order chi connectivity index (χ1) is 7.72. The van der Waals surface area contributed by atoms with Gasteiger partial charge in [0.05, 0.1) is 12.0 Å². The molecule has 2 N–H and O–H groups in total. The molecule has 5 nitrogen and oxygen atoms in total. The molecule has 2 heterocycles. The molecule has 2 rings (SSSR count). The number of aliphatic hydroxyl groups is 1. The van der Waals surface area contributed by atoms with Gasteiger partial charge in [-0.15, -0.1) is 0 Å². The first kappa shape index (κ1) is 11.8. The van der Waals surface area contributed by atoms with Crippen molar-refractivity contribution in [2.75, 3.05) is 33.3 Å². The predicted octanol–water partition coefficient (Wildman–Crippen LogP) is -0.796. The van der Waals surface area contributed by atoms with Gasteiger partial charge in [-0.1, -0.05) is 0 Å². The second kappa shape index (κ2) is 5.12. The first-order valence-electron chi connectivity index (χ1n) is 5.92. The fourth-order valence-electron chi connectivity index (χ4n) is 2.49. The standard InChI is InChI=1S/C11H20N2O3/c1-16-10-7-13(6-9(10)14)11(15)8-3-2-4-12-5-8/h8-10,12,14H,2-7H2,1H3. The summed E-state index contributed by atoms with van der Waals surface area (Å²) >= 11 is 0. The van der Waals surface area contributed by atoms with E-state index in [4.69, 9.17) is 4.74 Å². The van der Waals surface area contributed by atoms with E-state index in [2.05, 4.69) is 5.32 Å². The Kier molecular flexibility index (Phi) is 3.78. The van der Waals surface area contributed by atoms with Crippen LogP contribution in [0.15, 0.2) is 0 Å². The molecule has 2 saturated heterocycles. The Morgan fingerprint density at radius 1 is 1.50 bits per heavy atom. The third kappa shape index (κ3) is 2.36. The first-order valence-corrected chi connectivity index (χ1v) is 5.92. The van der Waals surface area contributed by atoms with Crippen molar-refractivity contribution < 1.29 is 14.6 Å². The third-order valence-corrected chi connectivity index (χ3v) is 3.50. The largest absolute Gasteiger partial charge is 0.388 e. The van der Waals surface area contributed by atoms with E-state index in [1.165, 1.54) is 0 Å². The number of likely N-dealkylation sites (tertiary alicyclic amines) is 1. The van der Waals surface area contributed by atoms with Crippen molar-refractivity contribution in [3.8, 4) is 0 Å². The van der Waals surface area contributed by atoms with Crippen LogP contribution in [-0.4, -0.2) is 61.4 Å². The lowest BCUT2D eigenvalue weighted by Crippen LogP contribution is -2.42. The highest BCUT2D eigenvalue weighted by Gasteiger charge is 2.36. The number of piperidine rings is 1. The Balaban J connectivity index is 1.90. The minimum absolute atomic E-state index is 0.0801. The summed E-state index contributed by atoms with van der Waals surface area (Å²) in [6.07, 6.45) is 1.25. The number of carbonyl (C=O) groups is 1. The molecule has 0 saturated carbocycles. The van der Waals surface area contributed by atoms with Gasteiger partial charge in [0.15, 0.2) is 0 Å². The van der Waals surface area contributed by atoms with Crippen LogP contribution in [0.4, 0.5) is 0 Å². The molecule has 2 aliphatic rings. The molecule has 0 spiro atoms. The number of hydrogen-bond acceptors (Lipinski definition) is 4. The van der Waals surface area contributed by atoms with Crippen molar-refractivity contribution in [2.24, 2.45) is 5.92 Å². The Bertz CT molecular complexity index is 254. The Morgan fingerprint density at radius 2 is 2.31 bits per heavy atom. The minimum atomic E-state index is -0.537. The van der Waals surface area contributed by atoms with E-state index in [9.17, 15) is 9.90 Å². The zero-order valence-corrected chi connectivity index (χ0v) is 9.69. The van der Waals surface area contributed by atoms with Crippen LogP contribution in [0.5, 0.6) is 0 Å². The summed E-state index contributed by atoms with van der Waals surface area (Å²) in [4.78, 5) is 13.9. The van der Waals surface area contributed by atoms with Gasteiger partial charge in [0.25, 0.3) is 0 Å². The van der Waals surface area contributed by atoms with E-state index in [0.29, 0.717) is 13.1 Å². The smallest absolute Gasteiger partial charge is 0.227 e. The molecule has 1 amide bonds.